The number of hydrogen-bond acceptors (Lipinski definition) is 3. The zero-order valence-corrected chi connectivity index (χ0v) is 16.6. The van der Waals surface area contributed by atoms with Crippen LogP contribution in [0.25, 0.3) is 6.08 Å². The van der Waals surface area contributed by atoms with Crippen LogP contribution in [0.2, 0.25) is 0 Å². The molecule has 28 heavy (non-hydrogen) atoms. The SMILES string of the molecule is CC(c1cccc(NC(=O)c2ccccc2)c1)N(C)C(=O)/C=C/c1ccsc1. The number of nitrogens with one attached hydrogen (secondary N) is 1. The van der Waals surface area contributed by atoms with Crippen LogP contribution in [-0.4, -0.2) is 23.8 Å². The number of anilines is 1. The molecule has 5 heteroatoms. The molecule has 0 saturated carbocycles. The van der Waals surface area contributed by atoms with E-state index < -0.39 is 0 Å². The minimum absolute atomic E-state index is 0.0718. The van der Waals surface area contributed by atoms with E-state index in [2.05, 4.69) is 5.32 Å². The topological polar surface area (TPSA) is 49.4 Å². The van der Waals surface area contributed by atoms with Crippen LogP contribution in [0.15, 0.2) is 77.5 Å². The quantitative estimate of drug-likeness (QED) is 0.586. The molecule has 0 aliphatic heterocycles. The van der Waals surface area contributed by atoms with Gasteiger partial charge in [0.1, 0.15) is 0 Å². The van der Waals surface area contributed by atoms with Gasteiger partial charge in [0.25, 0.3) is 5.91 Å². The first-order chi connectivity index (χ1) is 13.5. The molecule has 1 unspecified atom stereocenters. The molecular formula is C23H22N2O2S. The molecule has 1 atom stereocenters. The number of carbonyl (C=O) groups is 2. The van der Waals surface area contributed by atoms with E-state index in [9.17, 15) is 9.59 Å². The van der Waals surface area contributed by atoms with E-state index in [0.29, 0.717) is 11.3 Å². The summed E-state index contributed by atoms with van der Waals surface area (Å²) in [5.41, 5.74) is 3.27. The second kappa shape index (κ2) is 9.15. The molecule has 0 radical (unpaired) electrons. The molecule has 1 aromatic heterocycles. The predicted octanol–water partition coefficient (Wildman–Crippen LogP) is 5.23. The molecule has 0 aliphatic rings. The van der Waals surface area contributed by atoms with Gasteiger partial charge in [-0.05, 0) is 65.2 Å². The van der Waals surface area contributed by atoms with Crippen molar-refractivity contribution in [1.29, 1.82) is 0 Å². The number of carbonyl (C=O) groups excluding carboxylic acids is 2. The lowest BCUT2D eigenvalue weighted by Crippen LogP contribution is -2.28. The van der Waals surface area contributed by atoms with Crippen molar-refractivity contribution >= 4 is 34.9 Å². The molecule has 2 amide bonds. The lowest BCUT2D eigenvalue weighted by Gasteiger charge is -2.24. The average molecular weight is 391 g/mol. The average Bonchev–Trinajstić information content (AvgIpc) is 3.25. The maximum absolute atomic E-state index is 12.5. The number of benzene rings is 2. The number of amides is 2. The lowest BCUT2D eigenvalue weighted by molar-refractivity contribution is -0.126. The summed E-state index contributed by atoms with van der Waals surface area (Å²) in [6, 6.07) is 18.5. The first-order valence-electron chi connectivity index (χ1n) is 8.98. The van der Waals surface area contributed by atoms with Gasteiger partial charge < -0.3 is 10.2 Å². The Hall–Kier alpha value is -3.18. The Bertz CT molecular complexity index is 965. The highest BCUT2D eigenvalue weighted by molar-refractivity contribution is 7.08. The highest BCUT2D eigenvalue weighted by Gasteiger charge is 2.16. The zero-order chi connectivity index (χ0) is 19.9. The van der Waals surface area contributed by atoms with Crippen LogP contribution in [-0.2, 0) is 4.79 Å². The maximum atomic E-state index is 12.5. The van der Waals surface area contributed by atoms with Gasteiger partial charge in [-0.2, -0.15) is 11.3 Å². The predicted molar refractivity (Wildman–Crippen MR) is 115 cm³/mol. The second-order valence-electron chi connectivity index (χ2n) is 6.46. The fourth-order valence-corrected chi connectivity index (χ4v) is 3.37. The molecule has 4 nitrogen and oxygen atoms in total. The lowest BCUT2D eigenvalue weighted by atomic mass is 10.1. The first-order valence-corrected chi connectivity index (χ1v) is 9.92. The van der Waals surface area contributed by atoms with Gasteiger partial charge in [-0.15, -0.1) is 0 Å². The molecule has 3 rings (SSSR count). The zero-order valence-electron chi connectivity index (χ0n) is 15.8. The number of likely N-dealkylation sites (N-methyl/N-ethyl adjacent to an activating group) is 1. The standard InChI is InChI=1S/C23H22N2O2S/c1-17(25(2)22(26)12-11-18-13-14-28-16-18)20-9-6-10-21(15-20)24-23(27)19-7-4-3-5-8-19/h3-17H,1-2H3,(H,24,27)/b12-11+. The van der Waals surface area contributed by atoms with Gasteiger partial charge in [-0.25, -0.2) is 0 Å². The van der Waals surface area contributed by atoms with E-state index in [1.165, 1.54) is 0 Å². The molecule has 0 saturated heterocycles. The van der Waals surface area contributed by atoms with Crippen LogP contribution in [0, 0.1) is 0 Å². The Morgan fingerprint density at radius 3 is 2.57 bits per heavy atom. The van der Waals surface area contributed by atoms with Gasteiger partial charge in [0.15, 0.2) is 0 Å². The largest absolute Gasteiger partial charge is 0.335 e. The fourth-order valence-electron chi connectivity index (χ4n) is 2.74. The Balaban J connectivity index is 1.68. The van der Waals surface area contributed by atoms with Crippen molar-refractivity contribution in [3.63, 3.8) is 0 Å². The normalized spacial score (nSPS) is 11.9. The number of nitrogens with zero attached hydrogens (tertiary/aromatic N) is 1. The van der Waals surface area contributed by atoms with E-state index in [-0.39, 0.29) is 17.9 Å². The van der Waals surface area contributed by atoms with Crippen LogP contribution in [0.5, 0.6) is 0 Å². The number of rotatable bonds is 6. The summed E-state index contributed by atoms with van der Waals surface area (Å²) in [5.74, 6) is -0.231. The Kier molecular flexibility index (Phi) is 6.40. The maximum Gasteiger partial charge on any atom is 0.255 e. The van der Waals surface area contributed by atoms with E-state index in [0.717, 1.165) is 11.1 Å². The summed E-state index contributed by atoms with van der Waals surface area (Å²) < 4.78 is 0. The number of thiophene rings is 1. The van der Waals surface area contributed by atoms with Crippen molar-refractivity contribution in [2.24, 2.45) is 0 Å². The van der Waals surface area contributed by atoms with Crippen LogP contribution < -0.4 is 5.32 Å². The summed E-state index contributed by atoms with van der Waals surface area (Å²) >= 11 is 1.60. The van der Waals surface area contributed by atoms with E-state index in [1.807, 2.05) is 72.3 Å². The van der Waals surface area contributed by atoms with Crippen LogP contribution in [0.3, 0.4) is 0 Å². The molecule has 0 bridgehead atoms. The third-order valence-corrected chi connectivity index (χ3v) is 5.25. The second-order valence-corrected chi connectivity index (χ2v) is 7.24. The highest BCUT2D eigenvalue weighted by atomic mass is 32.1. The van der Waals surface area contributed by atoms with Gasteiger partial charge in [-0.3, -0.25) is 9.59 Å². The van der Waals surface area contributed by atoms with Crippen LogP contribution in [0.1, 0.15) is 34.5 Å². The monoisotopic (exact) mass is 390 g/mol. The molecular weight excluding hydrogens is 368 g/mol. The molecule has 142 valence electrons. The molecule has 0 aliphatic carbocycles. The van der Waals surface area contributed by atoms with Crippen molar-refractivity contribution < 1.29 is 9.59 Å². The minimum Gasteiger partial charge on any atom is -0.335 e. The van der Waals surface area contributed by atoms with Gasteiger partial charge in [0, 0.05) is 24.4 Å². The highest BCUT2D eigenvalue weighted by Crippen LogP contribution is 2.23. The first kappa shape index (κ1) is 19.6. The van der Waals surface area contributed by atoms with Crippen molar-refractivity contribution in [3.05, 3.63) is 94.2 Å². The third kappa shape index (κ3) is 4.96. The van der Waals surface area contributed by atoms with Crippen molar-refractivity contribution in [1.82, 2.24) is 4.90 Å². The summed E-state index contributed by atoms with van der Waals surface area (Å²) in [4.78, 5) is 26.5. The Morgan fingerprint density at radius 2 is 1.86 bits per heavy atom. The number of hydrogen-bond donors (Lipinski definition) is 1. The summed E-state index contributed by atoms with van der Waals surface area (Å²) in [6.45, 7) is 1.97. The fraction of sp³-hybridized carbons (Fsp3) is 0.130. The van der Waals surface area contributed by atoms with Crippen molar-refractivity contribution in [2.75, 3.05) is 12.4 Å². The summed E-state index contributed by atoms with van der Waals surface area (Å²) in [6.07, 6.45) is 3.40. The molecule has 3 aromatic rings. The van der Waals surface area contributed by atoms with Gasteiger partial charge in [0.05, 0.1) is 6.04 Å². The van der Waals surface area contributed by atoms with Gasteiger partial charge in [0.2, 0.25) is 5.91 Å². The molecule has 2 aromatic carbocycles. The van der Waals surface area contributed by atoms with Gasteiger partial charge in [-0.1, -0.05) is 30.3 Å². The molecule has 0 fully saturated rings. The molecule has 1 heterocycles. The van der Waals surface area contributed by atoms with Crippen molar-refractivity contribution in [3.8, 4) is 0 Å². The van der Waals surface area contributed by atoms with E-state index in [1.54, 1.807) is 41.5 Å². The smallest absolute Gasteiger partial charge is 0.255 e. The van der Waals surface area contributed by atoms with Gasteiger partial charge >= 0.3 is 0 Å². The van der Waals surface area contributed by atoms with E-state index in [4.69, 9.17) is 0 Å². The Labute approximate surface area is 169 Å². The minimum atomic E-state index is -0.159. The van der Waals surface area contributed by atoms with Crippen molar-refractivity contribution in [2.45, 2.75) is 13.0 Å². The molecule has 0 spiro atoms. The summed E-state index contributed by atoms with van der Waals surface area (Å²) in [7, 11) is 1.78. The van der Waals surface area contributed by atoms with E-state index >= 15 is 0 Å². The van der Waals surface area contributed by atoms with Crippen LogP contribution in [0.4, 0.5) is 5.69 Å². The summed E-state index contributed by atoms with van der Waals surface area (Å²) in [5, 5.41) is 6.88. The van der Waals surface area contributed by atoms with Crippen LogP contribution >= 0.6 is 11.3 Å². The Morgan fingerprint density at radius 1 is 1.07 bits per heavy atom. The molecule has 1 N–H and O–H groups in total. The third-order valence-electron chi connectivity index (χ3n) is 4.55.